The van der Waals surface area contributed by atoms with Gasteiger partial charge in [-0.3, -0.25) is 9.13 Å². The molecule has 0 N–H and O–H groups in total. The second-order valence-corrected chi connectivity index (χ2v) is 27.3. The number of nitrogens with zero attached hydrogens (tertiary/aromatic N) is 6. The molecule has 13 rings (SSSR count). The molecule has 5 heterocycles. The SMILES string of the molecule is c1ccc([Si]2(c3ccccc3)c3nc(-n4c5ccccc5c5ccccc54)ncc3-c3cnc(-n4c5ccccc5c5ccccc54)nc3[Si]2(c2ccccc2)c2ccccc2)cc1. The molecule has 8 heteroatoms. The lowest BCUT2D eigenvalue weighted by Gasteiger charge is -2.51. The molecule has 6 nitrogen and oxygen atoms in total. The average Bonchev–Trinajstić information content (AvgIpc) is 3.90. The Hall–Kier alpha value is -8.05. The Morgan fingerprint density at radius 3 is 0.812 bits per heavy atom. The number of hydrogen-bond acceptors (Lipinski definition) is 4. The van der Waals surface area contributed by atoms with E-state index in [0.717, 1.165) is 43.8 Å². The summed E-state index contributed by atoms with van der Waals surface area (Å²) < 4.78 is 4.51. The first kappa shape index (κ1) is 36.6. The quantitative estimate of drug-likeness (QED) is 0.159. The first-order valence-electron chi connectivity index (χ1n) is 21.7. The van der Waals surface area contributed by atoms with Gasteiger partial charge >= 0.3 is 0 Å². The molecule has 4 aromatic heterocycles. The highest BCUT2D eigenvalue weighted by atomic mass is 29.3. The van der Waals surface area contributed by atoms with E-state index in [1.807, 2.05) is 0 Å². The summed E-state index contributed by atoms with van der Waals surface area (Å²) in [6, 6.07) is 79.4. The van der Waals surface area contributed by atoms with Crippen LogP contribution >= 0.6 is 0 Å². The van der Waals surface area contributed by atoms with Gasteiger partial charge in [-0.2, -0.15) is 0 Å². The number of hydrogen-bond donors (Lipinski definition) is 0. The number of fused-ring (bicyclic) bond motifs is 9. The third-order valence-corrected chi connectivity index (χ3v) is 29.9. The van der Waals surface area contributed by atoms with Gasteiger partial charge in [-0.05, 0) is 45.0 Å². The van der Waals surface area contributed by atoms with Gasteiger partial charge in [0.1, 0.15) is 0 Å². The zero-order chi connectivity index (χ0) is 42.2. The summed E-state index contributed by atoms with van der Waals surface area (Å²) in [6.45, 7) is 0. The third-order valence-electron chi connectivity index (χ3n) is 13.5. The summed E-state index contributed by atoms with van der Waals surface area (Å²) in [6.07, 6.45) is 4.15. The number of benzene rings is 8. The topological polar surface area (TPSA) is 61.4 Å². The fraction of sp³-hybridized carbons (Fsp3) is 0. The highest BCUT2D eigenvalue weighted by Gasteiger charge is 2.67. The molecule has 0 radical (unpaired) electrons. The van der Waals surface area contributed by atoms with Crippen molar-refractivity contribution >= 4 is 90.2 Å². The zero-order valence-corrected chi connectivity index (χ0v) is 36.6. The van der Waals surface area contributed by atoms with Crippen molar-refractivity contribution in [2.24, 2.45) is 0 Å². The van der Waals surface area contributed by atoms with Crippen LogP contribution < -0.4 is 31.4 Å². The van der Waals surface area contributed by atoms with Gasteiger partial charge in [0.25, 0.3) is 0 Å². The lowest BCUT2D eigenvalue weighted by Crippen LogP contribution is -2.96. The Balaban J connectivity index is 1.26. The van der Waals surface area contributed by atoms with Gasteiger partial charge in [-0.1, -0.05) is 194 Å². The maximum absolute atomic E-state index is 6.05. The minimum absolute atomic E-state index is 0.648. The van der Waals surface area contributed by atoms with Gasteiger partial charge < -0.3 is 0 Å². The lowest BCUT2D eigenvalue weighted by molar-refractivity contribution is 0.990. The number of rotatable bonds is 6. The molecule has 8 aromatic carbocycles. The maximum atomic E-state index is 6.05. The molecule has 64 heavy (non-hydrogen) atoms. The predicted octanol–water partition coefficient (Wildman–Crippen LogP) is 8.16. The molecule has 0 bridgehead atoms. The van der Waals surface area contributed by atoms with Crippen LogP contribution in [0.5, 0.6) is 0 Å². The predicted molar refractivity (Wildman–Crippen MR) is 267 cm³/mol. The summed E-state index contributed by atoms with van der Waals surface area (Å²) in [4.78, 5) is 22.8. The summed E-state index contributed by atoms with van der Waals surface area (Å²) in [7, 11) is -6.97. The molecular formula is C56H38N6Si2. The molecule has 0 unspecified atom stereocenters. The van der Waals surface area contributed by atoms with E-state index in [1.165, 1.54) is 42.3 Å². The minimum atomic E-state index is -3.49. The van der Waals surface area contributed by atoms with Crippen LogP contribution in [0.15, 0.2) is 231 Å². The van der Waals surface area contributed by atoms with Gasteiger partial charge in [-0.15, -0.1) is 0 Å². The van der Waals surface area contributed by atoms with Gasteiger partial charge in [0.15, 0.2) is 15.2 Å². The normalized spacial score (nSPS) is 13.9. The fourth-order valence-corrected chi connectivity index (χ4v) is 30.2. The van der Waals surface area contributed by atoms with Crippen molar-refractivity contribution in [1.82, 2.24) is 29.1 Å². The van der Waals surface area contributed by atoms with E-state index in [-0.39, 0.29) is 0 Å². The van der Waals surface area contributed by atoms with E-state index in [2.05, 4.69) is 240 Å². The summed E-state index contributed by atoms with van der Waals surface area (Å²) in [5, 5.41) is 11.9. The highest BCUT2D eigenvalue weighted by molar-refractivity contribution is 7.67. The first-order chi connectivity index (χ1) is 31.8. The molecule has 0 amide bonds. The van der Waals surface area contributed by atoms with Crippen molar-refractivity contribution in [1.29, 1.82) is 0 Å². The lowest BCUT2D eigenvalue weighted by atomic mass is 10.2. The van der Waals surface area contributed by atoms with Crippen LogP contribution in [-0.4, -0.2) is 44.3 Å². The maximum Gasteiger partial charge on any atom is 0.234 e. The van der Waals surface area contributed by atoms with Gasteiger partial charge in [0.05, 0.1) is 22.1 Å². The van der Waals surface area contributed by atoms with E-state index in [0.29, 0.717) is 11.9 Å². The van der Waals surface area contributed by atoms with Crippen molar-refractivity contribution in [2.75, 3.05) is 0 Å². The van der Waals surface area contributed by atoms with Crippen LogP contribution in [0, 0.1) is 0 Å². The fourth-order valence-electron chi connectivity index (χ4n) is 11.1. The molecule has 0 spiro atoms. The van der Waals surface area contributed by atoms with Crippen LogP contribution in [0.3, 0.4) is 0 Å². The molecule has 0 atom stereocenters. The van der Waals surface area contributed by atoms with Gasteiger partial charge in [-0.25, -0.2) is 19.9 Å². The minimum Gasteiger partial charge on any atom is -0.278 e. The van der Waals surface area contributed by atoms with Gasteiger partial charge in [0, 0.05) is 55.7 Å². The highest BCUT2D eigenvalue weighted by Crippen LogP contribution is 2.36. The van der Waals surface area contributed by atoms with E-state index in [9.17, 15) is 0 Å². The Bertz CT molecular complexity index is 3310. The van der Waals surface area contributed by atoms with E-state index < -0.39 is 15.2 Å². The van der Waals surface area contributed by atoms with Crippen molar-refractivity contribution in [3.63, 3.8) is 0 Å². The second kappa shape index (κ2) is 14.2. The van der Waals surface area contributed by atoms with E-state index >= 15 is 0 Å². The van der Waals surface area contributed by atoms with Crippen molar-refractivity contribution in [3.8, 4) is 23.0 Å². The molecule has 300 valence electrons. The monoisotopic (exact) mass is 850 g/mol. The Morgan fingerprint density at radius 1 is 0.281 bits per heavy atom. The first-order valence-corrected chi connectivity index (χ1v) is 26.7. The van der Waals surface area contributed by atoms with Crippen LogP contribution in [0.4, 0.5) is 0 Å². The zero-order valence-electron chi connectivity index (χ0n) is 34.6. The van der Waals surface area contributed by atoms with Crippen LogP contribution in [0.2, 0.25) is 0 Å². The number of aromatic nitrogens is 6. The molecule has 0 fully saturated rings. The van der Waals surface area contributed by atoms with Crippen molar-refractivity contribution in [3.05, 3.63) is 231 Å². The molecule has 1 aliphatic rings. The standard InChI is InChI=1S/C56H38N6Si2/c1-5-21-39(22-6-1)63(40-23-7-2-8-24-40)53-47(37-57-55(59-53)61-49-33-17-13-29-43(49)44-30-14-18-34-50(44)61)48-38-58-56(62-51-35-19-15-31-45(51)46-32-16-20-36-52(46)62)60-54(48)64(63,41-25-9-3-10-26-41)42-27-11-4-12-28-42/h1-38H. The molecule has 0 saturated heterocycles. The molecule has 0 saturated carbocycles. The van der Waals surface area contributed by atoms with E-state index in [1.54, 1.807) is 0 Å². The smallest absolute Gasteiger partial charge is 0.234 e. The summed E-state index contributed by atoms with van der Waals surface area (Å²) in [5.41, 5.74) is 6.23. The molecule has 12 aromatic rings. The average molecular weight is 851 g/mol. The summed E-state index contributed by atoms with van der Waals surface area (Å²) in [5.74, 6) is 1.30. The van der Waals surface area contributed by atoms with Crippen LogP contribution in [0.25, 0.3) is 66.6 Å². The molecule has 0 aliphatic carbocycles. The van der Waals surface area contributed by atoms with Crippen LogP contribution in [-0.2, 0) is 0 Å². The van der Waals surface area contributed by atoms with Crippen LogP contribution in [0.1, 0.15) is 0 Å². The number of para-hydroxylation sites is 4. The largest absolute Gasteiger partial charge is 0.278 e. The van der Waals surface area contributed by atoms with Crippen molar-refractivity contribution < 1.29 is 0 Å². The van der Waals surface area contributed by atoms with E-state index in [4.69, 9.17) is 19.9 Å². The summed E-state index contributed by atoms with van der Waals surface area (Å²) >= 11 is 0. The molecular weight excluding hydrogens is 813 g/mol. The third kappa shape index (κ3) is 4.94. The Morgan fingerprint density at radius 2 is 0.531 bits per heavy atom. The van der Waals surface area contributed by atoms with Gasteiger partial charge in [0.2, 0.25) is 11.9 Å². The Labute approximate surface area is 371 Å². The Kier molecular flexibility index (Phi) is 8.15. The van der Waals surface area contributed by atoms with Crippen molar-refractivity contribution in [2.45, 2.75) is 0 Å². The second-order valence-electron chi connectivity index (χ2n) is 16.6. The molecule has 1 aliphatic heterocycles.